The molecule has 4 nitrogen and oxygen atoms in total. The molecule has 80 valence electrons. The summed E-state index contributed by atoms with van der Waals surface area (Å²) in [7, 11) is 6.06. The summed E-state index contributed by atoms with van der Waals surface area (Å²) < 4.78 is 0. The van der Waals surface area contributed by atoms with Gasteiger partial charge in [-0.15, -0.1) is 0 Å². The van der Waals surface area contributed by atoms with Crippen LogP contribution >= 0.6 is 0 Å². The van der Waals surface area contributed by atoms with Crippen LogP contribution in [-0.2, 0) is 0 Å². The third-order valence-electron chi connectivity index (χ3n) is 2.26. The van der Waals surface area contributed by atoms with Gasteiger partial charge in [-0.2, -0.15) is 0 Å². The summed E-state index contributed by atoms with van der Waals surface area (Å²) in [4.78, 5) is 4.22. The maximum absolute atomic E-state index is 9.10. The lowest BCUT2D eigenvalue weighted by Crippen LogP contribution is -2.48. The lowest BCUT2D eigenvalue weighted by molar-refractivity contribution is 0.124. The molecule has 0 saturated heterocycles. The Morgan fingerprint density at radius 3 is 2.08 bits per heavy atom. The van der Waals surface area contributed by atoms with Gasteiger partial charge >= 0.3 is 0 Å². The molecule has 0 saturated carbocycles. The van der Waals surface area contributed by atoms with E-state index in [1.54, 1.807) is 0 Å². The average molecular weight is 189 g/mol. The second-order valence-electron chi connectivity index (χ2n) is 3.89. The van der Waals surface area contributed by atoms with Gasteiger partial charge in [0.1, 0.15) is 0 Å². The molecule has 0 aliphatic heterocycles. The van der Waals surface area contributed by atoms with E-state index in [9.17, 15) is 0 Å². The standard InChI is InChI=1S/C9H23N3O/c1-8(10)9(7-13)12(4)6-5-11(2)3/h8-9,13H,5-7,10H2,1-4H3. The van der Waals surface area contributed by atoms with Crippen molar-refractivity contribution in [1.29, 1.82) is 0 Å². The van der Waals surface area contributed by atoms with Crippen LogP contribution in [0, 0.1) is 0 Å². The summed E-state index contributed by atoms with van der Waals surface area (Å²) in [6, 6.07) is 0.0807. The molecule has 0 amide bonds. The van der Waals surface area contributed by atoms with Gasteiger partial charge in [0.05, 0.1) is 6.61 Å². The van der Waals surface area contributed by atoms with E-state index in [1.807, 2.05) is 28.1 Å². The molecule has 0 aromatic heterocycles. The number of nitrogens with zero attached hydrogens (tertiary/aromatic N) is 2. The van der Waals surface area contributed by atoms with Crippen LogP contribution in [-0.4, -0.2) is 67.8 Å². The Morgan fingerprint density at radius 1 is 1.23 bits per heavy atom. The molecule has 0 aromatic rings. The van der Waals surface area contributed by atoms with Gasteiger partial charge in [0.15, 0.2) is 0 Å². The van der Waals surface area contributed by atoms with Crippen LogP contribution < -0.4 is 5.73 Å². The predicted molar refractivity (Wildman–Crippen MR) is 55.7 cm³/mol. The Kier molecular flexibility index (Phi) is 6.24. The van der Waals surface area contributed by atoms with Crippen LogP contribution in [0.4, 0.5) is 0 Å². The first-order valence-electron chi connectivity index (χ1n) is 4.70. The zero-order valence-electron chi connectivity index (χ0n) is 9.20. The number of likely N-dealkylation sites (N-methyl/N-ethyl adjacent to an activating group) is 2. The van der Waals surface area contributed by atoms with Crippen molar-refractivity contribution in [2.75, 3.05) is 40.8 Å². The van der Waals surface area contributed by atoms with E-state index in [0.717, 1.165) is 13.1 Å². The Labute approximate surface area is 81.3 Å². The number of hydrogen-bond acceptors (Lipinski definition) is 4. The Balaban J connectivity index is 3.84. The van der Waals surface area contributed by atoms with Crippen molar-refractivity contribution in [3.63, 3.8) is 0 Å². The van der Waals surface area contributed by atoms with E-state index in [1.165, 1.54) is 0 Å². The highest BCUT2D eigenvalue weighted by atomic mass is 16.3. The van der Waals surface area contributed by atoms with Gasteiger partial charge in [0.2, 0.25) is 0 Å². The minimum absolute atomic E-state index is 0.0113. The Morgan fingerprint density at radius 2 is 1.77 bits per heavy atom. The summed E-state index contributed by atoms with van der Waals surface area (Å²) in [6.45, 7) is 3.97. The molecule has 0 aliphatic rings. The van der Waals surface area contributed by atoms with Gasteiger partial charge in [-0.25, -0.2) is 0 Å². The lowest BCUT2D eigenvalue weighted by Gasteiger charge is -2.30. The van der Waals surface area contributed by atoms with Crippen molar-refractivity contribution in [3.05, 3.63) is 0 Å². The largest absolute Gasteiger partial charge is 0.395 e. The topological polar surface area (TPSA) is 52.7 Å². The zero-order valence-corrected chi connectivity index (χ0v) is 9.20. The molecule has 0 spiro atoms. The van der Waals surface area contributed by atoms with E-state index in [4.69, 9.17) is 10.8 Å². The molecule has 0 radical (unpaired) electrons. The molecule has 0 aromatic carbocycles. The minimum Gasteiger partial charge on any atom is -0.395 e. The highest BCUT2D eigenvalue weighted by Gasteiger charge is 2.17. The predicted octanol–water partition coefficient (Wildman–Crippen LogP) is -0.812. The molecule has 3 N–H and O–H groups in total. The van der Waals surface area contributed by atoms with Crippen molar-refractivity contribution >= 4 is 0 Å². The second kappa shape index (κ2) is 6.32. The number of nitrogens with two attached hydrogens (primary N) is 1. The van der Waals surface area contributed by atoms with Gasteiger partial charge in [-0.05, 0) is 28.1 Å². The quantitative estimate of drug-likeness (QED) is 0.574. The van der Waals surface area contributed by atoms with E-state index < -0.39 is 0 Å². The maximum Gasteiger partial charge on any atom is 0.0601 e. The number of aliphatic hydroxyl groups excluding tert-OH is 1. The summed E-state index contributed by atoms with van der Waals surface area (Å²) in [5, 5.41) is 9.10. The fraction of sp³-hybridized carbons (Fsp3) is 1.00. The molecule has 2 atom stereocenters. The SMILES string of the molecule is CC(N)C(CO)N(C)CCN(C)C. The molecule has 0 rings (SSSR count). The first-order valence-corrected chi connectivity index (χ1v) is 4.70. The van der Waals surface area contributed by atoms with Crippen LogP contribution in [0.25, 0.3) is 0 Å². The summed E-state index contributed by atoms with van der Waals surface area (Å²) in [5.41, 5.74) is 5.74. The van der Waals surface area contributed by atoms with Crippen LogP contribution in [0.3, 0.4) is 0 Å². The first kappa shape index (κ1) is 12.8. The van der Waals surface area contributed by atoms with Gasteiger partial charge in [0, 0.05) is 25.2 Å². The van der Waals surface area contributed by atoms with Crippen molar-refractivity contribution in [2.24, 2.45) is 5.73 Å². The van der Waals surface area contributed by atoms with Crippen molar-refractivity contribution in [3.8, 4) is 0 Å². The molecule has 13 heavy (non-hydrogen) atoms. The molecule has 0 aliphatic carbocycles. The van der Waals surface area contributed by atoms with Gasteiger partial charge in [-0.3, -0.25) is 4.90 Å². The van der Waals surface area contributed by atoms with Gasteiger partial charge < -0.3 is 15.7 Å². The molecule has 0 bridgehead atoms. The highest BCUT2D eigenvalue weighted by molar-refractivity contribution is 4.76. The normalized spacial score (nSPS) is 16.6. The van der Waals surface area contributed by atoms with Crippen molar-refractivity contribution < 1.29 is 5.11 Å². The molecular weight excluding hydrogens is 166 g/mol. The zero-order chi connectivity index (χ0) is 10.4. The van der Waals surface area contributed by atoms with E-state index in [0.29, 0.717) is 0 Å². The monoisotopic (exact) mass is 189 g/mol. The van der Waals surface area contributed by atoms with Crippen molar-refractivity contribution in [2.45, 2.75) is 19.0 Å². The van der Waals surface area contributed by atoms with Crippen LogP contribution in [0.5, 0.6) is 0 Å². The fourth-order valence-corrected chi connectivity index (χ4v) is 1.23. The van der Waals surface area contributed by atoms with Crippen LogP contribution in [0.1, 0.15) is 6.92 Å². The number of hydrogen-bond donors (Lipinski definition) is 2. The number of aliphatic hydroxyl groups is 1. The molecule has 4 heteroatoms. The van der Waals surface area contributed by atoms with Crippen molar-refractivity contribution in [1.82, 2.24) is 9.80 Å². The third-order valence-corrected chi connectivity index (χ3v) is 2.26. The second-order valence-corrected chi connectivity index (χ2v) is 3.89. The minimum atomic E-state index is 0.0113. The summed E-state index contributed by atoms with van der Waals surface area (Å²) >= 11 is 0. The molecular formula is C9H23N3O. The maximum atomic E-state index is 9.10. The third kappa shape index (κ3) is 5.21. The smallest absolute Gasteiger partial charge is 0.0601 e. The summed E-state index contributed by atoms with van der Waals surface area (Å²) in [6.07, 6.45) is 0. The number of rotatable bonds is 6. The van der Waals surface area contributed by atoms with E-state index in [-0.39, 0.29) is 18.7 Å². The van der Waals surface area contributed by atoms with Gasteiger partial charge in [-0.1, -0.05) is 0 Å². The van der Waals surface area contributed by atoms with Gasteiger partial charge in [0.25, 0.3) is 0 Å². The molecule has 0 fully saturated rings. The van der Waals surface area contributed by atoms with Crippen LogP contribution in [0.2, 0.25) is 0 Å². The molecule has 0 heterocycles. The lowest BCUT2D eigenvalue weighted by atomic mass is 10.1. The fourth-order valence-electron chi connectivity index (χ4n) is 1.23. The Bertz CT molecular complexity index is 128. The molecule has 2 unspecified atom stereocenters. The summed E-state index contributed by atoms with van der Waals surface area (Å²) in [5.74, 6) is 0. The van der Waals surface area contributed by atoms with E-state index >= 15 is 0 Å². The van der Waals surface area contributed by atoms with Crippen LogP contribution in [0.15, 0.2) is 0 Å². The highest BCUT2D eigenvalue weighted by Crippen LogP contribution is 1.99. The first-order chi connectivity index (χ1) is 5.99. The Hall–Kier alpha value is -0.160. The van der Waals surface area contributed by atoms with E-state index in [2.05, 4.69) is 9.80 Å². The average Bonchev–Trinajstić information content (AvgIpc) is 2.01.